The summed E-state index contributed by atoms with van der Waals surface area (Å²) in [7, 11) is 0. The predicted molar refractivity (Wildman–Crippen MR) is 74.5 cm³/mol. The lowest BCUT2D eigenvalue weighted by atomic mass is 10.1. The molecule has 0 aliphatic rings. The number of benzene rings is 2. The predicted octanol–water partition coefficient (Wildman–Crippen LogP) is 3.92. The van der Waals surface area contributed by atoms with E-state index in [1.807, 2.05) is 0 Å². The molecular weight excluding hydrogens is 300 g/mol. The standard InChI is InChI=1S/C14H8ClF2N3O/c15-9-6-7(4-5-10(9)16)13-19-14(21-20-13)8-2-1-3-11(17)12(8)18/h1-6H,18H2. The van der Waals surface area contributed by atoms with Gasteiger partial charge in [-0.2, -0.15) is 4.98 Å². The van der Waals surface area contributed by atoms with Crippen molar-refractivity contribution in [2.75, 3.05) is 5.73 Å². The number of hydrogen-bond acceptors (Lipinski definition) is 4. The maximum absolute atomic E-state index is 13.4. The molecule has 0 spiro atoms. The van der Waals surface area contributed by atoms with Crippen molar-refractivity contribution in [2.24, 2.45) is 0 Å². The SMILES string of the molecule is Nc1c(F)cccc1-c1nc(-c2ccc(F)c(Cl)c2)no1. The lowest BCUT2D eigenvalue weighted by Crippen LogP contribution is -1.94. The first-order chi connectivity index (χ1) is 10.1. The molecule has 0 saturated heterocycles. The van der Waals surface area contributed by atoms with Crippen molar-refractivity contribution >= 4 is 17.3 Å². The molecule has 3 aromatic rings. The van der Waals surface area contributed by atoms with Crippen molar-refractivity contribution in [1.29, 1.82) is 0 Å². The Balaban J connectivity index is 2.03. The van der Waals surface area contributed by atoms with Crippen LogP contribution in [0.25, 0.3) is 22.8 Å². The van der Waals surface area contributed by atoms with Crippen LogP contribution in [0.2, 0.25) is 5.02 Å². The van der Waals surface area contributed by atoms with E-state index >= 15 is 0 Å². The fraction of sp³-hybridized carbons (Fsp3) is 0. The van der Waals surface area contributed by atoms with Crippen LogP contribution in [-0.2, 0) is 0 Å². The molecule has 2 N–H and O–H groups in total. The van der Waals surface area contributed by atoms with Crippen LogP contribution >= 0.6 is 11.6 Å². The van der Waals surface area contributed by atoms with Gasteiger partial charge in [0, 0.05) is 5.56 Å². The smallest absolute Gasteiger partial charge is 0.260 e. The van der Waals surface area contributed by atoms with E-state index in [9.17, 15) is 8.78 Å². The molecule has 1 heterocycles. The summed E-state index contributed by atoms with van der Waals surface area (Å²) in [6, 6.07) is 8.32. The second-order valence-corrected chi connectivity index (χ2v) is 4.66. The lowest BCUT2D eigenvalue weighted by molar-refractivity contribution is 0.432. The van der Waals surface area contributed by atoms with Crippen LogP contribution in [0, 0.1) is 11.6 Å². The van der Waals surface area contributed by atoms with Crippen LogP contribution in [0.15, 0.2) is 40.9 Å². The van der Waals surface area contributed by atoms with Gasteiger partial charge in [0.25, 0.3) is 5.89 Å². The molecule has 2 aromatic carbocycles. The molecule has 4 nitrogen and oxygen atoms in total. The third kappa shape index (κ3) is 2.45. The minimum Gasteiger partial charge on any atom is -0.396 e. The summed E-state index contributed by atoms with van der Waals surface area (Å²) in [5.41, 5.74) is 6.33. The third-order valence-corrected chi connectivity index (χ3v) is 3.18. The molecule has 0 saturated carbocycles. The number of para-hydroxylation sites is 1. The van der Waals surface area contributed by atoms with Crippen molar-refractivity contribution in [3.8, 4) is 22.8 Å². The fourth-order valence-electron chi connectivity index (χ4n) is 1.81. The zero-order chi connectivity index (χ0) is 15.0. The summed E-state index contributed by atoms with van der Waals surface area (Å²) in [4.78, 5) is 4.12. The van der Waals surface area contributed by atoms with Crippen LogP contribution in [0.5, 0.6) is 0 Å². The third-order valence-electron chi connectivity index (χ3n) is 2.89. The van der Waals surface area contributed by atoms with Crippen molar-refractivity contribution < 1.29 is 13.3 Å². The number of nitrogens with two attached hydrogens (primary N) is 1. The van der Waals surface area contributed by atoms with Crippen LogP contribution < -0.4 is 5.73 Å². The molecule has 21 heavy (non-hydrogen) atoms. The van der Waals surface area contributed by atoms with Gasteiger partial charge in [-0.1, -0.05) is 22.8 Å². The van der Waals surface area contributed by atoms with Gasteiger partial charge in [-0.25, -0.2) is 8.78 Å². The van der Waals surface area contributed by atoms with E-state index in [0.29, 0.717) is 11.1 Å². The number of rotatable bonds is 2. The molecule has 0 bridgehead atoms. The van der Waals surface area contributed by atoms with Crippen molar-refractivity contribution in [1.82, 2.24) is 10.1 Å². The van der Waals surface area contributed by atoms with E-state index < -0.39 is 11.6 Å². The Labute approximate surface area is 123 Å². The number of halogens is 3. The van der Waals surface area contributed by atoms with E-state index in [2.05, 4.69) is 10.1 Å². The van der Waals surface area contributed by atoms with Gasteiger partial charge in [-0.05, 0) is 30.3 Å². The highest BCUT2D eigenvalue weighted by Gasteiger charge is 2.15. The van der Waals surface area contributed by atoms with Gasteiger partial charge in [0.15, 0.2) is 0 Å². The average Bonchev–Trinajstić information content (AvgIpc) is 2.94. The first kappa shape index (κ1) is 13.5. The summed E-state index contributed by atoms with van der Waals surface area (Å²) >= 11 is 5.70. The number of hydrogen-bond donors (Lipinski definition) is 1. The Hall–Kier alpha value is -2.47. The Morgan fingerprint density at radius 1 is 1.10 bits per heavy atom. The Morgan fingerprint density at radius 3 is 2.67 bits per heavy atom. The van der Waals surface area contributed by atoms with Gasteiger partial charge in [-0.3, -0.25) is 0 Å². The van der Waals surface area contributed by atoms with Gasteiger partial charge in [0.1, 0.15) is 11.6 Å². The average molecular weight is 308 g/mol. The van der Waals surface area contributed by atoms with Crippen LogP contribution in [0.4, 0.5) is 14.5 Å². The molecule has 0 aliphatic carbocycles. The molecule has 3 rings (SSSR count). The highest BCUT2D eigenvalue weighted by Crippen LogP contribution is 2.29. The summed E-state index contributed by atoms with van der Waals surface area (Å²) < 4.78 is 31.6. The zero-order valence-electron chi connectivity index (χ0n) is 10.5. The van der Waals surface area contributed by atoms with E-state index in [0.717, 1.165) is 0 Å². The number of nitrogen functional groups attached to an aromatic ring is 1. The van der Waals surface area contributed by atoms with E-state index in [1.54, 1.807) is 6.07 Å². The first-order valence-corrected chi connectivity index (χ1v) is 6.27. The van der Waals surface area contributed by atoms with Crippen LogP contribution in [-0.4, -0.2) is 10.1 Å². The largest absolute Gasteiger partial charge is 0.396 e. The minimum atomic E-state index is -0.572. The zero-order valence-corrected chi connectivity index (χ0v) is 11.2. The Morgan fingerprint density at radius 2 is 1.90 bits per heavy atom. The van der Waals surface area contributed by atoms with Gasteiger partial charge in [0.2, 0.25) is 5.82 Å². The molecule has 0 radical (unpaired) electrons. The van der Waals surface area contributed by atoms with Crippen molar-refractivity contribution in [3.05, 3.63) is 53.1 Å². The van der Waals surface area contributed by atoms with Crippen molar-refractivity contribution in [2.45, 2.75) is 0 Å². The lowest BCUT2D eigenvalue weighted by Gasteiger charge is -2.00. The Bertz CT molecular complexity index is 820. The normalized spacial score (nSPS) is 10.8. The highest BCUT2D eigenvalue weighted by atomic mass is 35.5. The molecule has 0 fully saturated rings. The number of nitrogens with zero attached hydrogens (tertiary/aromatic N) is 2. The second-order valence-electron chi connectivity index (χ2n) is 4.25. The molecular formula is C14H8ClF2N3O. The van der Waals surface area contributed by atoms with Gasteiger partial charge in [-0.15, -0.1) is 0 Å². The molecule has 0 aliphatic heterocycles. The Kier molecular flexibility index (Phi) is 3.31. The molecule has 0 atom stereocenters. The first-order valence-electron chi connectivity index (χ1n) is 5.90. The maximum atomic E-state index is 13.4. The minimum absolute atomic E-state index is 0.0517. The summed E-state index contributed by atoms with van der Waals surface area (Å²) in [5.74, 6) is -0.839. The molecule has 0 amide bonds. The highest BCUT2D eigenvalue weighted by molar-refractivity contribution is 6.31. The molecule has 1 aromatic heterocycles. The topological polar surface area (TPSA) is 64.9 Å². The van der Waals surface area contributed by atoms with E-state index in [-0.39, 0.29) is 22.4 Å². The fourth-order valence-corrected chi connectivity index (χ4v) is 1.99. The van der Waals surface area contributed by atoms with E-state index in [4.69, 9.17) is 21.9 Å². The molecule has 7 heteroatoms. The second kappa shape index (κ2) is 5.14. The summed E-state index contributed by atoms with van der Waals surface area (Å²) in [5, 5.41) is 3.71. The number of aromatic nitrogens is 2. The summed E-state index contributed by atoms with van der Waals surface area (Å²) in [6.07, 6.45) is 0. The van der Waals surface area contributed by atoms with Gasteiger partial charge in [0.05, 0.1) is 16.3 Å². The van der Waals surface area contributed by atoms with Crippen molar-refractivity contribution in [3.63, 3.8) is 0 Å². The van der Waals surface area contributed by atoms with Crippen LogP contribution in [0.3, 0.4) is 0 Å². The van der Waals surface area contributed by atoms with E-state index in [1.165, 1.54) is 30.3 Å². The van der Waals surface area contributed by atoms with Crippen LogP contribution in [0.1, 0.15) is 0 Å². The molecule has 0 unspecified atom stereocenters. The number of anilines is 1. The van der Waals surface area contributed by atoms with Gasteiger partial charge >= 0.3 is 0 Å². The quantitative estimate of drug-likeness (QED) is 0.729. The van der Waals surface area contributed by atoms with Gasteiger partial charge < -0.3 is 10.3 Å². The monoisotopic (exact) mass is 307 g/mol. The maximum Gasteiger partial charge on any atom is 0.260 e. The molecule has 106 valence electrons. The summed E-state index contributed by atoms with van der Waals surface area (Å²) in [6.45, 7) is 0.